The number of thiophene rings is 1. The average Bonchev–Trinajstić information content (AvgIpc) is 2.59. The summed E-state index contributed by atoms with van der Waals surface area (Å²) in [6.07, 6.45) is 0. The Kier molecular flexibility index (Phi) is 17.3. The molecule has 1 N–H and O–H groups in total. The van der Waals surface area contributed by atoms with Crippen LogP contribution < -0.4 is 0 Å². The summed E-state index contributed by atoms with van der Waals surface area (Å²) in [5.41, 5.74) is 0.370. The molecule has 0 saturated heterocycles. The van der Waals surface area contributed by atoms with Crippen molar-refractivity contribution in [2.24, 2.45) is 0 Å². The molecule has 0 spiro atoms. The Bertz CT molecular complexity index is 371. The summed E-state index contributed by atoms with van der Waals surface area (Å²) in [6, 6.07) is 1.58. The number of carboxylic acids is 1. The standard InChI is InChI=1S/C5H4O2S.3BF4.Li.H/c6-5(7)4-1-2-8-3-4;3*2-1(3,4)5;;/h1-3H,(H,6,7);;;;;/q;3*-1;;. The van der Waals surface area contributed by atoms with Crippen molar-refractivity contribution < 1.29 is 61.7 Å². The van der Waals surface area contributed by atoms with Gasteiger partial charge in [-0.2, -0.15) is 11.3 Å². The first kappa shape index (κ1) is 30.9. The van der Waals surface area contributed by atoms with Gasteiger partial charge in [-0.25, -0.2) is 4.79 Å². The molecule has 0 amide bonds. The summed E-state index contributed by atoms with van der Waals surface area (Å²) in [5, 5.41) is 11.6. The summed E-state index contributed by atoms with van der Waals surface area (Å²) < 4.78 is 117. The molecular formula is C5H5B3F12LiO2S-3. The van der Waals surface area contributed by atoms with Gasteiger partial charge < -0.3 is 56.9 Å². The predicted molar refractivity (Wildman–Crippen MR) is 69.0 cm³/mol. The van der Waals surface area contributed by atoms with Crippen LogP contribution in [0.2, 0.25) is 0 Å². The molecule has 140 valence electrons. The van der Waals surface area contributed by atoms with Crippen molar-refractivity contribution in [1.82, 2.24) is 0 Å². The number of aromatic carboxylic acids is 1. The van der Waals surface area contributed by atoms with Gasteiger partial charge in [-0.1, -0.05) is 0 Å². The maximum atomic E-state index is 10.1. The molecule has 2 nitrogen and oxygen atoms in total. The van der Waals surface area contributed by atoms with E-state index in [9.17, 15) is 56.6 Å². The molecule has 0 aliphatic heterocycles. The fourth-order valence-corrected chi connectivity index (χ4v) is 1.02. The van der Waals surface area contributed by atoms with Gasteiger partial charge in [0.25, 0.3) is 0 Å². The predicted octanol–water partition coefficient (Wildman–Crippen LogP) is 4.70. The number of hydrogen-bond donors (Lipinski definition) is 1. The number of rotatable bonds is 1. The van der Waals surface area contributed by atoms with Gasteiger partial charge in [-0.3, -0.25) is 0 Å². The Balaban J connectivity index is -0.000000113. The monoisotopic (exact) mass is 397 g/mol. The van der Waals surface area contributed by atoms with Crippen molar-refractivity contribution in [2.45, 2.75) is 0 Å². The minimum absolute atomic E-state index is 0. The quantitative estimate of drug-likeness (QED) is 0.552. The minimum atomic E-state index is -6.00. The first-order valence-electron chi connectivity index (χ1n) is 4.68. The second-order valence-electron chi connectivity index (χ2n) is 2.80. The van der Waals surface area contributed by atoms with Crippen LogP contribution in [0.15, 0.2) is 16.8 Å². The maximum absolute atomic E-state index is 10.1. The van der Waals surface area contributed by atoms with Crippen molar-refractivity contribution in [3.05, 3.63) is 22.4 Å². The second-order valence-corrected chi connectivity index (χ2v) is 3.58. The first-order valence-corrected chi connectivity index (χ1v) is 5.62. The van der Waals surface area contributed by atoms with E-state index in [1.165, 1.54) is 11.3 Å². The van der Waals surface area contributed by atoms with Crippen LogP contribution in [-0.4, -0.2) is 51.7 Å². The number of carboxylic acid groups (broad SMARTS) is 1. The van der Waals surface area contributed by atoms with Gasteiger partial charge >= 0.3 is 46.6 Å². The van der Waals surface area contributed by atoms with E-state index in [4.69, 9.17) is 5.11 Å². The van der Waals surface area contributed by atoms with Crippen molar-refractivity contribution in [3.8, 4) is 0 Å². The zero-order chi connectivity index (χ0) is 19.5. The number of halogens is 12. The van der Waals surface area contributed by atoms with Gasteiger partial charge in [0.15, 0.2) is 0 Å². The third-order valence-corrected chi connectivity index (χ3v) is 1.45. The van der Waals surface area contributed by atoms with Gasteiger partial charge in [0, 0.05) is 5.38 Å². The van der Waals surface area contributed by atoms with Gasteiger partial charge in [0.1, 0.15) is 0 Å². The molecule has 24 heavy (non-hydrogen) atoms. The Hall–Kier alpha value is -0.878. The Morgan fingerprint density at radius 3 is 1.12 bits per heavy atom. The van der Waals surface area contributed by atoms with Crippen LogP contribution in [0.5, 0.6) is 0 Å². The summed E-state index contributed by atoms with van der Waals surface area (Å²) in [7, 11) is -18.0. The molecular weight excluding hydrogens is 391 g/mol. The first-order chi connectivity index (χ1) is 9.80. The third-order valence-electron chi connectivity index (χ3n) is 0.768. The van der Waals surface area contributed by atoms with Crippen LogP contribution in [-0.2, 0) is 0 Å². The van der Waals surface area contributed by atoms with E-state index in [0.717, 1.165) is 0 Å². The molecule has 0 fully saturated rings. The SMILES string of the molecule is F[B-](F)(F)F.F[B-](F)(F)F.F[B-](F)(F)F.O=C(O)c1ccsc1.[LiH]. The van der Waals surface area contributed by atoms with Crippen LogP contribution in [0.4, 0.5) is 51.8 Å². The fourth-order valence-electron chi connectivity index (χ4n) is 0.386. The summed E-state index contributed by atoms with van der Waals surface area (Å²) >= 11 is 1.39. The second kappa shape index (κ2) is 13.4. The molecule has 1 heterocycles. The zero-order valence-electron chi connectivity index (χ0n) is 10.3. The Morgan fingerprint density at radius 1 is 0.792 bits per heavy atom. The van der Waals surface area contributed by atoms with Crippen molar-refractivity contribution in [3.63, 3.8) is 0 Å². The average molecular weight is 397 g/mol. The normalized spacial score (nSPS) is 10.5. The molecule has 0 aliphatic carbocycles. The van der Waals surface area contributed by atoms with Crippen molar-refractivity contribution in [1.29, 1.82) is 0 Å². The molecule has 0 aromatic carbocycles. The Morgan fingerprint density at radius 2 is 1.04 bits per heavy atom. The number of hydrogen-bond acceptors (Lipinski definition) is 2. The molecule has 0 atom stereocenters. The van der Waals surface area contributed by atoms with Gasteiger partial charge in [-0.15, -0.1) is 0 Å². The summed E-state index contributed by atoms with van der Waals surface area (Å²) in [4.78, 5) is 10.1. The molecule has 1 aromatic rings. The van der Waals surface area contributed by atoms with Crippen LogP contribution in [0.3, 0.4) is 0 Å². The zero-order valence-corrected chi connectivity index (χ0v) is 11.1. The fraction of sp³-hybridized carbons (Fsp3) is 0. The Labute approximate surface area is 142 Å². The third kappa shape index (κ3) is 83.5. The molecule has 0 unspecified atom stereocenters. The molecule has 0 radical (unpaired) electrons. The number of carbonyl (C=O) groups is 1. The van der Waals surface area contributed by atoms with Gasteiger partial charge in [-0.05, 0) is 11.4 Å². The van der Waals surface area contributed by atoms with E-state index in [-0.39, 0.29) is 18.9 Å². The van der Waals surface area contributed by atoms with Crippen LogP contribution >= 0.6 is 11.3 Å². The molecule has 1 aromatic heterocycles. The van der Waals surface area contributed by atoms with E-state index in [1.807, 2.05) is 0 Å². The van der Waals surface area contributed by atoms with Crippen LogP contribution in [0.25, 0.3) is 0 Å². The van der Waals surface area contributed by atoms with E-state index < -0.39 is 27.7 Å². The van der Waals surface area contributed by atoms with Gasteiger partial charge in [0.2, 0.25) is 0 Å². The van der Waals surface area contributed by atoms with E-state index >= 15 is 0 Å². The van der Waals surface area contributed by atoms with Crippen LogP contribution in [0.1, 0.15) is 10.4 Å². The van der Waals surface area contributed by atoms with E-state index in [0.29, 0.717) is 5.56 Å². The molecule has 0 bridgehead atoms. The molecule has 1 rings (SSSR count). The van der Waals surface area contributed by atoms with Gasteiger partial charge in [0.05, 0.1) is 5.56 Å². The van der Waals surface area contributed by atoms with Crippen molar-refractivity contribution >= 4 is 57.9 Å². The summed E-state index contributed by atoms with van der Waals surface area (Å²) in [6.45, 7) is 0. The van der Waals surface area contributed by atoms with Crippen molar-refractivity contribution in [2.75, 3.05) is 0 Å². The topological polar surface area (TPSA) is 37.3 Å². The van der Waals surface area contributed by atoms with Crippen LogP contribution in [0, 0.1) is 0 Å². The van der Waals surface area contributed by atoms with E-state index in [2.05, 4.69) is 0 Å². The molecule has 19 heteroatoms. The summed E-state index contributed by atoms with van der Waals surface area (Å²) in [5.74, 6) is -0.855. The molecule has 0 saturated carbocycles. The molecule has 0 aliphatic rings. The van der Waals surface area contributed by atoms with E-state index in [1.54, 1.807) is 16.8 Å².